The second-order valence-electron chi connectivity index (χ2n) is 5.59. The average molecular weight is 268 g/mol. The maximum Gasteiger partial charge on any atom is 0.307 e. The molecular weight excluding hydrogens is 244 g/mol. The maximum absolute atomic E-state index is 12.6. The highest BCUT2D eigenvalue weighted by atomic mass is 16.4. The van der Waals surface area contributed by atoms with Crippen LogP contribution in [0.4, 0.5) is 0 Å². The van der Waals surface area contributed by atoms with Crippen LogP contribution in [-0.2, 0) is 9.59 Å². The molecule has 2 aliphatic rings. The number of piperidine rings is 1. The van der Waals surface area contributed by atoms with E-state index >= 15 is 0 Å². The lowest BCUT2D eigenvalue weighted by atomic mass is 9.93. The number of carbonyl (C=O) groups is 2. The first-order chi connectivity index (χ1) is 9.15. The quantitative estimate of drug-likeness (QED) is 0.800. The molecule has 2 N–H and O–H groups in total. The molecular formula is C14H24N2O3. The van der Waals surface area contributed by atoms with Crippen molar-refractivity contribution >= 4 is 11.9 Å². The van der Waals surface area contributed by atoms with Gasteiger partial charge in [0.05, 0.1) is 11.8 Å². The highest BCUT2D eigenvalue weighted by Gasteiger charge is 2.40. The van der Waals surface area contributed by atoms with Gasteiger partial charge in [-0.15, -0.1) is 0 Å². The molecule has 5 nitrogen and oxygen atoms in total. The molecule has 1 aliphatic carbocycles. The van der Waals surface area contributed by atoms with Gasteiger partial charge in [-0.25, -0.2) is 0 Å². The molecule has 1 aliphatic heterocycles. The van der Waals surface area contributed by atoms with Crippen molar-refractivity contribution in [3.05, 3.63) is 0 Å². The minimum absolute atomic E-state index is 0.0688. The second kappa shape index (κ2) is 6.37. The number of carbonyl (C=O) groups excluding carboxylic acids is 1. The molecule has 2 fully saturated rings. The SMILES string of the molecule is CCN(C(=O)C1CCCC1C(=O)O)C1CCNCC1. The van der Waals surface area contributed by atoms with Crippen molar-refractivity contribution in [3.63, 3.8) is 0 Å². The number of carboxylic acids is 1. The summed E-state index contributed by atoms with van der Waals surface area (Å²) in [5.74, 6) is -1.51. The van der Waals surface area contributed by atoms with Gasteiger partial charge in [0.2, 0.25) is 5.91 Å². The molecule has 0 bridgehead atoms. The van der Waals surface area contributed by atoms with Crippen molar-refractivity contribution in [1.82, 2.24) is 10.2 Å². The standard InChI is InChI=1S/C14H24N2O3/c1-2-16(10-6-8-15-9-7-10)13(17)11-4-3-5-12(11)14(18)19/h10-12,15H,2-9H2,1H3,(H,18,19). The van der Waals surface area contributed by atoms with Crippen LogP contribution in [0.25, 0.3) is 0 Å². The molecule has 2 unspecified atom stereocenters. The zero-order valence-electron chi connectivity index (χ0n) is 11.6. The maximum atomic E-state index is 12.6. The molecule has 1 amide bonds. The van der Waals surface area contributed by atoms with E-state index in [4.69, 9.17) is 0 Å². The predicted molar refractivity (Wildman–Crippen MR) is 71.7 cm³/mol. The van der Waals surface area contributed by atoms with E-state index in [2.05, 4.69) is 5.32 Å². The molecule has 108 valence electrons. The fraction of sp³-hybridized carbons (Fsp3) is 0.857. The zero-order valence-corrected chi connectivity index (χ0v) is 11.6. The van der Waals surface area contributed by atoms with Gasteiger partial charge in [-0.3, -0.25) is 9.59 Å². The topological polar surface area (TPSA) is 69.6 Å². The number of hydrogen-bond acceptors (Lipinski definition) is 3. The van der Waals surface area contributed by atoms with E-state index in [1.54, 1.807) is 0 Å². The first kappa shape index (κ1) is 14.3. The third-order valence-corrected chi connectivity index (χ3v) is 4.52. The summed E-state index contributed by atoms with van der Waals surface area (Å²) in [6, 6.07) is 0.286. The van der Waals surface area contributed by atoms with E-state index in [1.165, 1.54) is 0 Å². The van der Waals surface area contributed by atoms with Crippen molar-refractivity contribution in [2.75, 3.05) is 19.6 Å². The Morgan fingerprint density at radius 2 is 1.79 bits per heavy atom. The summed E-state index contributed by atoms with van der Waals surface area (Å²) in [5, 5.41) is 12.5. The van der Waals surface area contributed by atoms with Gasteiger partial charge in [0, 0.05) is 12.6 Å². The summed E-state index contributed by atoms with van der Waals surface area (Å²) in [5.41, 5.74) is 0. The Bertz CT molecular complexity index is 340. The molecule has 0 spiro atoms. The molecule has 2 rings (SSSR count). The summed E-state index contributed by atoms with van der Waals surface area (Å²) in [6.07, 6.45) is 4.19. The highest BCUT2D eigenvalue weighted by molar-refractivity contribution is 5.85. The smallest absolute Gasteiger partial charge is 0.307 e. The largest absolute Gasteiger partial charge is 0.481 e. The Labute approximate surface area is 114 Å². The minimum atomic E-state index is -0.808. The molecule has 5 heteroatoms. The number of rotatable bonds is 4. The Morgan fingerprint density at radius 1 is 1.16 bits per heavy atom. The van der Waals surface area contributed by atoms with Crippen LogP contribution >= 0.6 is 0 Å². The first-order valence-electron chi connectivity index (χ1n) is 7.39. The van der Waals surface area contributed by atoms with Gasteiger partial charge in [-0.1, -0.05) is 6.42 Å². The van der Waals surface area contributed by atoms with Crippen LogP contribution in [0.3, 0.4) is 0 Å². The van der Waals surface area contributed by atoms with Gasteiger partial charge >= 0.3 is 5.97 Å². The molecule has 1 saturated heterocycles. The van der Waals surface area contributed by atoms with Crippen LogP contribution in [0.2, 0.25) is 0 Å². The highest BCUT2D eigenvalue weighted by Crippen LogP contribution is 2.34. The van der Waals surface area contributed by atoms with Crippen LogP contribution in [0.15, 0.2) is 0 Å². The second-order valence-corrected chi connectivity index (χ2v) is 5.59. The number of carboxylic acid groups (broad SMARTS) is 1. The van der Waals surface area contributed by atoms with Gasteiger partial charge < -0.3 is 15.3 Å². The zero-order chi connectivity index (χ0) is 13.8. The third-order valence-electron chi connectivity index (χ3n) is 4.52. The summed E-state index contributed by atoms with van der Waals surface area (Å²) in [4.78, 5) is 25.8. The number of aliphatic carboxylic acids is 1. The lowest BCUT2D eigenvalue weighted by Crippen LogP contribution is -2.49. The molecule has 0 radical (unpaired) electrons. The normalized spacial score (nSPS) is 28.3. The lowest BCUT2D eigenvalue weighted by molar-refractivity contribution is -0.150. The van der Waals surface area contributed by atoms with E-state index in [0.717, 1.165) is 38.8 Å². The summed E-state index contributed by atoms with van der Waals surface area (Å²) >= 11 is 0. The predicted octanol–water partition coefficient (Wildman–Crippen LogP) is 1.09. The summed E-state index contributed by atoms with van der Waals surface area (Å²) < 4.78 is 0. The van der Waals surface area contributed by atoms with E-state index in [9.17, 15) is 14.7 Å². The minimum Gasteiger partial charge on any atom is -0.481 e. The van der Waals surface area contributed by atoms with Crippen LogP contribution in [0.1, 0.15) is 39.0 Å². The first-order valence-corrected chi connectivity index (χ1v) is 7.39. The van der Waals surface area contributed by atoms with Crippen molar-refractivity contribution in [3.8, 4) is 0 Å². The Kier molecular flexibility index (Phi) is 4.80. The van der Waals surface area contributed by atoms with Crippen LogP contribution in [-0.4, -0.2) is 47.6 Å². The fourth-order valence-corrected chi connectivity index (χ4v) is 3.48. The molecule has 1 heterocycles. The van der Waals surface area contributed by atoms with Crippen molar-refractivity contribution in [2.45, 2.75) is 45.1 Å². The van der Waals surface area contributed by atoms with Gasteiger partial charge in [0.1, 0.15) is 0 Å². The number of hydrogen-bond donors (Lipinski definition) is 2. The van der Waals surface area contributed by atoms with E-state index in [-0.39, 0.29) is 17.9 Å². The Balaban J connectivity index is 2.05. The molecule has 2 atom stereocenters. The van der Waals surface area contributed by atoms with E-state index in [1.807, 2.05) is 11.8 Å². The summed E-state index contributed by atoms with van der Waals surface area (Å²) in [7, 11) is 0. The van der Waals surface area contributed by atoms with Crippen molar-refractivity contribution in [2.24, 2.45) is 11.8 Å². The molecule has 0 aromatic heterocycles. The lowest BCUT2D eigenvalue weighted by Gasteiger charge is -2.36. The Hall–Kier alpha value is -1.10. The van der Waals surface area contributed by atoms with Crippen molar-refractivity contribution < 1.29 is 14.7 Å². The average Bonchev–Trinajstić information content (AvgIpc) is 2.90. The number of amides is 1. The van der Waals surface area contributed by atoms with Crippen LogP contribution < -0.4 is 5.32 Å². The number of nitrogens with one attached hydrogen (secondary N) is 1. The van der Waals surface area contributed by atoms with Gasteiger partial charge in [-0.2, -0.15) is 0 Å². The number of nitrogens with zero attached hydrogens (tertiary/aromatic N) is 1. The molecule has 1 saturated carbocycles. The van der Waals surface area contributed by atoms with Crippen LogP contribution in [0.5, 0.6) is 0 Å². The monoisotopic (exact) mass is 268 g/mol. The van der Waals surface area contributed by atoms with Gasteiger partial charge in [0.15, 0.2) is 0 Å². The van der Waals surface area contributed by atoms with Crippen LogP contribution in [0, 0.1) is 11.8 Å². The fourth-order valence-electron chi connectivity index (χ4n) is 3.48. The van der Waals surface area contributed by atoms with E-state index < -0.39 is 11.9 Å². The van der Waals surface area contributed by atoms with Gasteiger partial charge in [0.25, 0.3) is 0 Å². The van der Waals surface area contributed by atoms with E-state index in [0.29, 0.717) is 13.0 Å². The molecule has 0 aromatic carbocycles. The van der Waals surface area contributed by atoms with Gasteiger partial charge in [-0.05, 0) is 45.7 Å². The molecule has 19 heavy (non-hydrogen) atoms. The molecule has 0 aromatic rings. The third kappa shape index (κ3) is 3.08. The van der Waals surface area contributed by atoms with Crippen molar-refractivity contribution in [1.29, 1.82) is 0 Å². The summed E-state index contributed by atoms with van der Waals surface area (Å²) in [6.45, 7) is 4.57. The Morgan fingerprint density at radius 3 is 2.37 bits per heavy atom.